The maximum absolute atomic E-state index is 4.11. The molecular formula is C16H16N4S. The van der Waals surface area contributed by atoms with Gasteiger partial charge < -0.3 is 0 Å². The first-order chi connectivity index (χ1) is 10.3. The van der Waals surface area contributed by atoms with E-state index in [1.807, 2.05) is 18.2 Å². The van der Waals surface area contributed by atoms with E-state index in [0.29, 0.717) is 0 Å². The molecule has 0 N–H and O–H groups in total. The van der Waals surface area contributed by atoms with Gasteiger partial charge in [-0.05, 0) is 41.5 Å². The van der Waals surface area contributed by atoms with Crippen LogP contribution in [0.1, 0.15) is 11.1 Å². The second-order valence-electron chi connectivity index (χ2n) is 4.79. The predicted molar refractivity (Wildman–Crippen MR) is 84.8 cm³/mol. The van der Waals surface area contributed by atoms with Crippen LogP contribution in [0.2, 0.25) is 0 Å². The molecule has 0 atom stereocenters. The van der Waals surface area contributed by atoms with E-state index in [9.17, 15) is 0 Å². The highest BCUT2D eigenvalue weighted by molar-refractivity contribution is 7.99. The smallest absolute Gasteiger partial charge is 0.188 e. The van der Waals surface area contributed by atoms with Gasteiger partial charge in [0.2, 0.25) is 5.16 Å². The number of aryl methyl sites for hydroxylation is 2. The summed E-state index contributed by atoms with van der Waals surface area (Å²) in [6.45, 7) is 2.07. The molecule has 0 spiro atoms. The van der Waals surface area contributed by atoms with Crippen LogP contribution in [0.15, 0.2) is 59.8 Å². The van der Waals surface area contributed by atoms with Crippen molar-refractivity contribution in [1.29, 1.82) is 0 Å². The Bertz CT molecular complexity index is 692. The Labute approximate surface area is 128 Å². The van der Waals surface area contributed by atoms with E-state index in [1.54, 1.807) is 16.4 Å². The molecule has 1 heterocycles. The highest BCUT2D eigenvalue weighted by Gasteiger charge is 2.08. The zero-order valence-corrected chi connectivity index (χ0v) is 12.6. The largest absolute Gasteiger partial charge is 0.214 e. The zero-order chi connectivity index (χ0) is 14.5. The van der Waals surface area contributed by atoms with E-state index in [-0.39, 0.29) is 0 Å². The normalized spacial score (nSPS) is 10.7. The highest BCUT2D eigenvalue weighted by atomic mass is 32.2. The standard InChI is InChI=1S/C16H16N4S/c1-13-7-9-15(10-8-13)20-16(17-18-19-20)21-12-11-14-5-3-2-4-6-14/h2-10H,11-12H2,1H3. The van der Waals surface area contributed by atoms with Crippen LogP contribution in [0.25, 0.3) is 5.69 Å². The minimum absolute atomic E-state index is 0.829. The number of nitrogens with zero attached hydrogens (tertiary/aromatic N) is 4. The average molecular weight is 296 g/mol. The average Bonchev–Trinajstić information content (AvgIpc) is 2.98. The minimum Gasteiger partial charge on any atom is -0.188 e. The fraction of sp³-hybridized carbons (Fsp3) is 0.188. The fourth-order valence-corrected chi connectivity index (χ4v) is 2.90. The maximum Gasteiger partial charge on any atom is 0.214 e. The maximum atomic E-state index is 4.11. The van der Waals surface area contributed by atoms with Crippen molar-refractivity contribution in [3.8, 4) is 5.69 Å². The number of thioether (sulfide) groups is 1. The Kier molecular flexibility index (Phi) is 4.31. The van der Waals surface area contributed by atoms with Gasteiger partial charge >= 0.3 is 0 Å². The molecule has 106 valence electrons. The molecule has 0 aliphatic carbocycles. The van der Waals surface area contributed by atoms with E-state index in [1.165, 1.54) is 11.1 Å². The van der Waals surface area contributed by atoms with Crippen LogP contribution in [0.5, 0.6) is 0 Å². The van der Waals surface area contributed by atoms with Crippen molar-refractivity contribution >= 4 is 11.8 Å². The van der Waals surface area contributed by atoms with Crippen molar-refractivity contribution < 1.29 is 0 Å². The van der Waals surface area contributed by atoms with Crippen molar-refractivity contribution in [3.63, 3.8) is 0 Å². The molecule has 3 aromatic rings. The van der Waals surface area contributed by atoms with Gasteiger partial charge in [-0.3, -0.25) is 0 Å². The van der Waals surface area contributed by atoms with E-state index in [4.69, 9.17) is 0 Å². The van der Waals surface area contributed by atoms with Crippen molar-refractivity contribution in [2.75, 3.05) is 5.75 Å². The highest BCUT2D eigenvalue weighted by Crippen LogP contribution is 2.19. The quantitative estimate of drug-likeness (QED) is 0.678. The lowest BCUT2D eigenvalue weighted by Crippen LogP contribution is -2.00. The summed E-state index contributed by atoms with van der Waals surface area (Å²) in [6, 6.07) is 18.7. The fourth-order valence-electron chi connectivity index (χ4n) is 2.02. The Morgan fingerprint density at radius 1 is 1.00 bits per heavy atom. The van der Waals surface area contributed by atoms with Crippen LogP contribution in [0, 0.1) is 6.92 Å². The molecular weight excluding hydrogens is 280 g/mol. The molecule has 0 radical (unpaired) electrons. The third kappa shape index (κ3) is 3.49. The molecule has 0 aliphatic rings. The Balaban J connectivity index is 1.67. The third-order valence-electron chi connectivity index (χ3n) is 3.18. The van der Waals surface area contributed by atoms with Gasteiger partial charge in [-0.1, -0.05) is 59.8 Å². The van der Waals surface area contributed by atoms with Crippen LogP contribution < -0.4 is 0 Å². The van der Waals surface area contributed by atoms with Crippen LogP contribution in [0.4, 0.5) is 0 Å². The van der Waals surface area contributed by atoms with Gasteiger partial charge in [0.05, 0.1) is 5.69 Å². The summed E-state index contributed by atoms with van der Waals surface area (Å²) >= 11 is 1.67. The number of hydrogen-bond acceptors (Lipinski definition) is 4. The van der Waals surface area contributed by atoms with Gasteiger partial charge in [-0.25, -0.2) is 0 Å². The summed E-state index contributed by atoms with van der Waals surface area (Å²) in [5.41, 5.74) is 3.55. The van der Waals surface area contributed by atoms with Crippen LogP contribution in [0.3, 0.4) is 0 Å². The molecule has 2 aromatic carbocycles. The molecule has 0 bridgehead atoms. The second-order valence-corrected chi connectivity index (χ2v) is 5.85. The first kappa shape index (κ1) is 13.8. The lowest BCUT2D eigenvalue weighted by atomic mass is 10.2. The van der Waals surface area contributed by atoms with Crippen molar-refractivity contribution in [2.24, 2.45) is 0 Å². The minimum atomic E-state index is 0.829. The predicted octanol–water partition coefficient (Wildman–Crippen LogP) is 3.31. The van der Waals surface area contributed by atoms with Gasteiger partial charge in [0.1, 0.15) is 0 Å². The summed E-state index contributed by atoms with van der Waals surface area (Å²) in [5, 5.41) is 12.8. The van der Waals surface area contributed by atoms with Gasteiger partial charge in [0, 0.05) is 5.75 Å². The summed E-state index contributed by atoms with van der Waals surface area (Å²) in [4.78, 5) is 0. The lowest BCUT2D eigenvalue weighted by Gasteiger charge is -2.04. The molecule has 3 rings (SSSR count). The zero-order valence-electron chi connectivity index (χ0n) is 11.8. The molecule has 1 aromatic heterocycles. The SMILES string of the molecule is Cc1ccc(-n2nnnc2SCCc2ccccc2)cc1. The van der Waals surface area contributed by atoms with Crippen molar-refractivity contribution in [3.05, 3.63) is 65.7 Å². The van der Waals surface area contributed by atoms with Crippen molar-refractivity contribution in [1.82, 2.24) is 20.2 Å². The Hall–Kier alpha value is -2.14. The van der Waals surface area contributed by atoms with E-state index in [0.717, 1.165) is 23.0 Å². The molecule has 5 heteroatoms. The van der Waals surface area contributed by atoms with Crippen LogP contribution >= 0.6 is 11.8 Å². The van der Waals surface area contributed by atoms with E-state index in [2.05, 4.69) is 58.8 Å². The topological polar surface area (TPSA) is 43.6 Å². The number of hydrogen-bond donors (Lipinski definition) is 0. The summed E-state index contributed by atoms with van der Waals surface area (Å²) in [6.07, 6.45) is 1.01. The lowest BCUT2D eigenvalue weighted by molar-refractivity contribution is 0.756. The molecule has 0 amide bonds. The molecule has 0 saturated carbocycles. The first-order valence-corrected chi connectivity index (χ1v) is 7.83. The van der Waals surface area contributed by atoms with Crippen LogP contribution in [-0.2, 0) is 6.42 Å². The van der Waals surface area contributed by atoms with E-state index < -0.39 is 0 Å². The van der Waals surface area contributed by atoms with E-state index >= 15 is 0 Å². The van der Waals surface area contributed by atoms with Crippen LogP contribution in [-0.4, -0.2) is 26.0 Å². The molecule has 0 unspecified atom stereocenters. The Morgan fingerprint density at radius 2 is 1.76 bits per heavy atom. The second kappa shape index (κ2) is 6.54. The summed E-state index contributed by atoms with van der Waals surface area (Å²) in [7, 11) is 0. The molecule has 21 heavy (non-hydrogen) atoms. The number of benzene rings is 2. The Morgan fingerprint density at radius 3 is 2.52 bits per heavy atom. The molecule has 4 nitrogen and oxygen atoms in total. The van der Waals surface area contributed by atoms with Gasteiger partial charge in [0.25, 0.3) is 0 Å². The molecule has 0 saturated heterocycles. The van der Waals surface area contributed by atoms with Gasteiger partial charge in [0.15, 0.2) is 0 Å². The van der Waals surface area contributed by atoms with Crippen molar-refractivity contribution in [2.45, 2.75) is 18.5 Å². The number of rotatable bonds is 5. The molecule has 0 fully saturated rings. The molecule has 0 aliphatic heterocycles. The monoisotopic (exact) mass is 296 g/mol. The third-order valence-corrected chi connectivity index (χ3v) is 4.11. The van der Waals surface area contributed by atoms with Gasteiger partial charge in [-0.2, -0.15) is 4.68 Å². The van der Waals surface area contributed by atoms with Gasteiger partial charge in [-0.15, -0.1) is 5.10 Å². The number of tetrazole rings is 1. The summed E-state index contributed by atoms with van der Waals surface area (Å²) in [5.74, 6) is 0.955. The summed E-state index contributed by atoms with van der Waals surface area (Å²) < 4.78 is 1.79. The first-order valence-electron chi connectivity index (χ1n) is 6.85. The number of aromatic nitrogens is 4.